The van der Waals surface area contributed by atoms with Gasteiger partial charge in [-0.1, -0.05) is 6.42 Å². The molecule has 2 rings (SSSR count). The Morgan fingerprint density at radius 1 is 1.36 bits per heavy atom. The fraction of sp³-hybridized carbons (Fsp3) is 0.909. The lowest BCUT2D eigenvalue weighted by Crippen LogP contribution is -2.24. The van der Waals surface area contributed by atoms with E-state index in [1.165, 1.54) is 19.3 Å². The first kappa shape index (κ1) is 9.97. The van der Waals surface area contributed by atoms with E-state index in [1.807, 2.05) is 6.92 Å². The Hall–Kier alpha value is -0.570. The van der Waals surface area contributed by atoms with Crippen molar-refractivity contribution in [2.24, 2.45) is 17.8 Å². The van der Waals surface area contributed by atoms with E-state index in [0.717, 1.165) is 12.3 Å². The summed E-state index contributed by atoms with van der Waals surface area (Å²) < 4.78 is 10.1. The highest BCUT2D eigenvalue weighted by atomic mass is 16.7. The molecule has 2 fully saturated rings. The number of fused-ring (bicyclic) bond motifs is 2. The van der Waals surface area contributed by atoms with Crippen LogP contribution in [0.5, 0.6) is 0 Å². The van der Waals surface area contributed by atoms with Gasteiger partial charge in [-0.3, -0.25) is 4.79 Å². The Morgan fingerprint density at radius 2 is 2.21 bits per heavy atom. The Kier molecular flexibility index (Phi) is 3.06. The predicted octanol–water partition coefficient (Wildman–Crippen LogP) is 1.96. The van der Waals surface area contributed by atoms with Gasteiger partial charge in [0.05, 0.1) is 5.92 Å². The Bertz CT molecular complexity index is 215. The summed E-state index contributed by atoms with van der Waals surface area (Å²) in [6, 6.07) is 0. The molecule has 3 nitrogen and oxygen atoms in total. The van der Waals surface area contributed by atoms with Gasteiger partial charge in [0.25, 0.3) is 0 Å². The second-order valence-corrected chi connectivity index (χ2v) is 4.36. The van der Waals surface area contributed by atoms with Crippen LogP contribution in [0.2, 0.25) is 0 Å². The van der Waals surface area contributed by atoms with Gasteiger partial charge in [-0.05, 0) is 38.0 Å². The van der Waals surface area contributed by atoms with Crippen LogP contribution < -0.4 is 0 Å². The summed E-state index contributed by atoms with van der Waals surface area (Å²) in [4.78, 5) is 11.6. The molecule has 0 spiro atoms. The molecule has 0 heterocycles. The Balaban J connectivity index is 1.75. The van der Waals surface area contributed by atoms with E-state index in [0.29, 0.717) is 12.5 Å². The largest absolute Gasteiger partial charge is 0.438 e. The molecule has 0 amide bonds. The third-order valence-corrected chi connectivity index (χ3v) is 3.53. The van der Waals surface area contributed by atoms with Crippen LogP contribution in [0.1, 0.15) is 32.6 Å². The zero-order valence-corrected chi connectivity index (χ0v) is 8.70. The molecule has 3 unspecified atom stereocenters. The molecule has 2 aliphatic carbocycles. The van der Waals surface area contributed by atoms with Crippen LogP contribution in [-0.2, 0) is 14.3 Å². The maximum Gasteiger partial charge on any atom is 0.311 e. The van der Waals surface area contributed by atoms with Crippen molar-refractivity contribution in [1.29, 1.82) is 0 Å². The lowest BCUT2D eigenvalue weighted by molar-refractivity contribution is -0.162. The fourth-order valence-electron chi connectivity index (χ4n) is 2.82. The lowest BCUT2D eigenvalue weighted by Gasteiger charge is -2.19. The van der Waals surface area contributed by atoms with E-state index >= 15 is 0 Å². The molecule has 0 radical (unpaired) electrons. The normalized spacial score (nSPS) is 34.8. The van der Waals surface area contributed by atoms with Crippen molar-refractivity contribution >= 4 is 5.97 Å². The van der Waals surface area contributed by atoms with Gasteiger partial charge in [-0.15, -0.1) is 0 Å². The van der Waals surface area contributed by atoms with Gasteiger partial charge >= 0.3 is 5.97 Å². The highest BCUT2D eigenvalue weighted by Gasteiger charge is 2.43. The average Bonchev–Trinajstić information content (AvgIpc) is 2.79. The standard InChI is InChI=1S/C11H18O3/c1-2-13-7-14-11(12)10-6-8-3-4-9(10)5-8/h8-10H,2-7H2,1H3. The highest BCUT2D eigenvalue weighted by Crippen LogP contribution is 2.48. The van der Waals surface area contributed by atoms with Crippen molar-refractivity contribution in [1.82, 2.24) is 0 Å². The summed E-state index contributed by atoms with van der Waals surface area (Å²) in [6.07, 6.45) is 4.84. The molecule has 0 aromatic rings. The van der Waals surface area contributed by atoms with Gasteiger partial charge in [0.15, 0.2) is 6.79 Å². The molecule has 0 aromatic carbocycles. The Labute approximate surface area is 84.8 Å². The smallest absolute Gasteiger partial charge is 0.311 e. The van der Waals surface area contributed by atoms with E-state index in [2.05, 4.69) is 0 Å². The van der Waals surface area contributed by atoms with E-state index in [9.17, 15) is 4.79 Å². The number of carbonyl (C=O) groups excluding carboxylic acids is 1. The van der Waals surface area contributed by atoms with Crippen LogP contribution in [0.15, 0.2) is 0 Å². The first-order valence-corrected chi connectivity index (χ1v) is 5.55. The summed E-state index contributed by atoms with van der Waals surface area (Å²) in [7, 11) is 0. The van der Waals surface area contributed by atoms with Gasteiger partial charge in [0.2, 0.25) is 0 Å². The molecule has 2 bridgehead atoms. The van der Waals surface area contributed by atoms with Crippen LogP contribution in [0.25, 0.3) is 0 Å². The second kappa shape index (κ2) is 4.30. The molecule has 2 aliphatic rings. The molecule has 0 saturated heterocycles. The van der Waals surface area contributed by atoms with E-state index in [1.54, 1.807) is 0 Å². The summed E-state index contributed by atoms with van der Waals surface area (Å²) >= 11 is 0. The van der Waals surface area contributed by atoms with Gasteiger partial charge < -0.3 is 9.47 Å². The van der Waals surface area contributed by atoms with E-state index in [4.69, 9.17) is 9.47 Å². The van der Waals surface area contributed by atoms with Crippen molar-refractivity contribution in [3.8, 4) is 0 Å². The topological polar surface area (TPSA) is 35.5 Å². The summed E-state index contributed by atoms with van der Waals surface area (Å²) in [5.41, 5.74) is 0. The van der Waals surface area contributed by atoms with Crippen LogP contribution >= 0.6 is 0 Å². The number of esters is 1. The zero-order valence-electron chi connectivity index (χ0n) is 8.70. The van der Waals surface area contributed by atoms with Crippen LogP contribution in [0.3, 0.4) is 0 Å². The third kappa shape index (κ3) is 1.92. The number of carbonyl (C=O) groups is 1. The zero-order chi connectivity index (χ0) is 9.97. The fourth-order valence-corrected chi connectivity index (χ4v) is 2.82. The van der Waals surface area contributed by atoms with Crippen molar-refractivity contribution < 1.29 is 14.3 Å². The van der Waals surface area contributed by atoms with Gasteiger partial charge in [-0.2, -0.15) is 0 Å². The first-order chi connectivity index (χ1) is 6.81. The lowest BCUT2D eigenvalue weighted by atomic mass is 9.89. The molecule has 0 aromatic heterocycles. The molecule has 80 valence electrons. The minimum atomic E-state index is -0.0364. The quantitative estimate of drug-likeness (QED) is 0.393. The maximum atomic E-state index is 11.6. The van der Waals surface area contributed by atoms with Crippen molar-refractivity contribution in [3.05, 3.63) is 0 Å². The maximum absolute atomic E-state index is 11.6. The third-order valence-electron chi connectivity index (χ3n) is 3.53. The van der Waals surface area contributed by atoms with E-state index < -0.39 is 0 Å². The molecule has 14 heavy (non-hydrogen) atoms. The number of hydrogen-bond donors (Lipinski definition) is 0. The van der Waals surface area contributed by atoms with E-state index in [-0.39, 0.29) is 18.7 Å². The predicted molar refractivity (Wildman–Crippen MR) is 51.5 cm³/mol. The monoisotopic (exact) mass is 198 g/mol. The minimum absolute atomic E-state index is 0.0364. The molecule has 3 heteroatoms. The van der Waals surface area contributed by atoms with Gasteiger partial charge in [-0.25, -0.2) is 0 Å². The van der Waals surface area contributed by atoms with Crippen LogP contribution in [-0.4, -0.2) is 19.4 Å². The summed E-state index contributed by atoms with van der Waals surface area (Å²) in [5, 5.41) is 0. The number of rotatable bonds is 4. The van der Waals surface area contributed by atoms with Crippen molar-refractivity contribution in [2.45, 2.75) is 32.6 Å². The molecule has 2 saturated carbocycles. The van der Waals surface area contributed by atoms with Crippen molar-refractivity contribution in [2.75, 3.05) is 13.4 Å². The minimum Gasteiger partial charge on any atom is -0.438 e. The van der Waals surface area contributed by atoms with Crippen LogP contribution in [0, 0.1) is 17.8 Å². The molecular formula is C11H18O3. The molecular weight excluding hydrogens is 180 g/mol. The number of hydrogen-bond acceptors (Lipinski definition) is 3. The molecule has 0 aliphatic heterocycles. The number of ether oxygens (including phenoxy) is 2. The molecule has 0 N–H and O–H groups in total. The van der Waals surface area contributed by atoms with Crippen LogP contribution in [0.4, 0.5) is 0 Å². The summed E-state index contributed by atoms with van der Waals surface area (Å²) in [6.45, 7) is 2.62. The SMILES string of the molecule is CCOCOC(=O)C1CC2CCC1C2. The first-order valence-electron chi connectivity index (χ1n) is 5.55. The van der Waals surface area contributed by atoms with Crippen molar-refractivity contribution in [3.63, 3.8) is 0 Å². The average molecular weight is 198 g/mol. The van der Waals surface area contributed by atoms with Gasteiger partial charge in [0, 0.05) is 6.61 Å². The second-order valence-electron chi connectivity index (χ2n) is 4.36. The van der Waals surface area contributed by atoms with Gasteiger partial charge in [0.1, 0.15) is 0 Å². The molecule has 3 atom stereocenters. The Morgan fingerprint density at radius 3 is 2.79 bits per heavy atom. The highest BCUT2D eigenvalue weighted by molar-refractivity contribution is 5.73. The summed E-state index contributed by atoms with van der Waals surface area (Å²) in [5.74, 6) is 1.54.